The van der Waals surface area contributed by atoms with E-state index in [-0.39, 0.29) is 23.5 Å². The summed E-state index contributed by atoms with van der Waals surface area (Å²) in [7, 11) is 0. The number of ether oxygens (including phenoxy) is 1. The number of hydrogen-bond acceptors (Lipinski definition) is 4. The number of carbonyl (C=O) groups excluding carboxylic acids is 1. The molecule has 0 aliphatic carbocycles. The first kappa shape index (κ1) is 18.7. The van der Waals surface area contributed by atoms with E-state index < -0.39 is 5.60 Å². The van der Waals surface area contributed by atoms with Gasteiger partial charge in [0.2, 0.25) is 0 Å². The van der Waals surface area contributed by atoms with E-state index in [4.69, 9.17) is 4.74 Å². The van der Waals surface area contributed by atoms with Crippen LogP contribution in [0.15, 0.2) is 6.33 Å². The summed E-state index contributed by atoms with van der Waals surface area (Å²) in [5, 5.41) is 8.47. The highest BCUT2D eigenvalue weighted by atomic mass is 16.6. The fourth-order valence-corrected chi connectivity index (χ4v) is 3.66. The molecule has 6 heteroatoms. The van der Waals surface area contributed by atoms with Crippen molar-refractivity contribution in [2.24, 2.45) is 5.41 Å². The highest BCUT2D eigenvalue weighted by Crippen LogP contribution is 2.41. The fraction of sp³-hybridized carbons (Fsp3) is 0.833. The van der Waals surface area contributed by atoms with Crippen LogP contribution >= 0.6 is 0 Å². The molecule has 1 amide bonds. The van der Waals surface area contributed by atoms with Gasteiger partial charge in [-0.1, -0.05) is 20.8 Å². The molecule has 136 valence electrons. The van der Waals surface area contributed by atoms with Gasteiger partial charge in [-0.15, -0.1) is 10.2 Å². The third-order valence-electron chi connectivity index (χ3n) is 4.46. The Morgan fingerprint density at radius 2 is 1.96 bits per heavy atom. The summed E-state index contributed by atoms with van der Waals surface area (Å²) in [6.45, 7) is 15.9. The first-order chi connectivity index (χ1) is 11.0. The second kappa shape index (κ2) is 6.73. The topological polar surface area (TPSA) is 60.2 Å². The second-order valence-electron chi connectivity index (χ2n) is 8.71. The van der Waals surface area contributed by atoms with E-state index in [1.165, 1.54) is 0 Å². The van der Waals surface area contributed by atoms with Gasteiger partial charge < -0.3 is 14.2 Å². The molecule has 6 nitrogen and oxygen atoms in total. The minimum absolute atomic E-state index is 0.0376. The second-order valence-corrected chi connectivity index (χ2v) is 8.71. The molecule has 2 heterocycles. The molecule has 1 fully saturated rings. The minimum atomic E-state index is -0.490. The molecule has 1 aliphatic heterocycles. The Morgan fingerprint density at radius 1 is 1.29 bits per heavy atom. The number of rotatable bonds is 2. The summed E-state index contributed by atoms with van der Waals surface area (Å²) < 4.78 is 7.75. The van der Waals surface area contributed by atoms with Crippen LogP contribution in [0, 0.1) is 5.41 Å². The van der Waals surface area contributed by atoms with Crippen LogP contribution in [0.5, 0.6) is 0 Å². The fourth-order valence-electron chi connectivity index (χ4n) is 3.66. The maximum Gasteiger partial charge on any atom is 0.410 e. The van der Waals surface area contributed by atoms with Gasteiger partial charge in [-0.3, -0.25) is 0 Å². The molecule has 0 spiro atoms. The van der Waals surface area contributed by atoms with Crippen molar-refractivity contribution in [2.45, 2.75) is 85.4 Å². The molecule has 2 unspecified atom stereocenters. The van der Waals surface area contributed by atoms with Crippen LogP contribution in [-0.2, 0) is 11.3 Å². The number of nitrogens with zero attached hydrogens (tertiary/aromatic N) is 4. The molecular weight excluding hydrogens is 304 g/mol. The monoisotopic (exact) mass is 336 g/mol. The van der Waals surface area contributed by atoms with E-state index in [9.17, 15) is 4.79 Å². The summed E-state index contributed by atoms with van der Waals surface area (Å²) in [5.41, 5.74) is -0.567. The molecule has 1 aromatic heterocycles. The Bertz CT molecular complexity index is 568. The van der Waals surface area contributed by atoms with Crippen molar-refractivity contribution in [1.29, 1.82) is 0 Å². The standard InChI is InChI=1S/C18H32N4O2/c1-8-21-12-19-20-15(21)13-10-9-11-22(14(13)17(2,3)4)16(23)24-18(5,6)7/h12-14H,8-11H2,1-7H3. The number of likely N-dealkylation sites (tertiary alicyclic amines) is 1. The van der Waals surface area contributed by atoms with E-state index in [1.54, 1.807) is 6.33 Å². The average molecular weight is 336 g/mol. The van der Waals surface area contributed by atoms with Gasteiger partial charge in [0.15, 0.2) is 0 Å². The lowest BCUT2D eigenvalue weighted by Gasteiger charge is -2.47. The van der Waals surface area contributed by atoms with Gasteiger partial charge in [0, 0.05) is 25.0 Å². The molecule has 0 bridgehead atoms. The number of hydrogen-bond donors (Lipinski definition) is 0. The van der Waals surface area contributed by atoms with Gasteiger partial charge in [-0.05, 0) is 46.0 Å². The van der Waals surface area contributed by atoms with Crippen LogP contribution in [0.3, 0.4) is 0 Å². The smallest absolute Gasteiger partial charge is 0.410 e. The number of piperidine rings is 1. The number of aromatic nitrogens is 3. The number of carbonyl (C=O) groups is 1. The molecule has 0 radical (unpaired) electrons. The average Bonchev–Trinajstić information content (AvgIpc) is 2.92. The first-order valence-corrected chi connectivity index (χ1v) is 8.92. The molecule has 24 heavy (non-hydrogen) atoms. The molecule has 1 aliphatic rings. The zero-order chi connectivity index (χ0) is 18.1. The van der Waals surface area contributed by atoms with Gasteiger partial charge in [0.05, 0.1) is 0 Å². The van der Waals surface area contributed by atoms with Crippen LogP contribution in [0.2, 0.25) is 0 Å². The number of amides is 1. The Labute approximate surface area is 145 Å². The highest BCUT2D eigenvalue weighted by Gasteiger charge is 2.45. The maximum atomic E-state index is 12.8. The first-order valence-electron chi connectivity index (χ1n) is 8.92. The van der Waals surface area contributed by atoms with E-state index in [0.717, 1.165) is 31.8 Å². The minimum Gasteiger partial charge on any atom is -0.444 e. The van der Waals surface area contributed by atoms with Gasteiger partial charge in [0.1, 0.15) is 17.8 Å². The zero-order valence-corrected chi connectivity index (χ0v) is 16.2. The predicted molar refractivity (Wildman–Crippen MR) is 93.9 cm³/mol. The molecule has 0 saturated carbocycles. The van der Waals surface area contributed by atoms with Gasteiger partial charge in [-0.25, -0.2) is 4.79 Å². The third kappa shape index (κ3) is 4.08. The van der Waals surface area contributed by atoms with E-state index in [1.807, 2.05) is 25.7 Å². The molecule has 0 N–H and O–H groups in total. The molecule has 2 atom stereocenters. The van der Waals surface area contributed by atoms with Crippen LogP contribution < -0.4 is 0 Å². The third-order valence-corrected chi connectivity index (χ3v) is 4.46. The molecule has 1 saturated heterocycles. The van der Waals surface area contributed by atoms with Crippen LogP contribution in [0.25, 0.3) is 0 Å². The number of aryl methyl sites for hydroxylation is 1. The summed E-state index contributed by atoms with van der Waals surface area (Å²) in [4.78, 5) is 14.7. The van der Waals surface area contributed by atoms with Crippen molar-refractivity contribution in [3.8, 4) is 0 Å². The molecule has 0 aromatic carbocycles. The SMILES string of the molecule is CCn1cnnc1C1CCCN(C(=O)OC(C)(C)C)C1C(C)(C)C. The van der Waals surface area contributed by atoms with Crippen LogP contribution in [0.1, 0.15) is 73.1 Å². The Balaban J connectivity index is 2.36. The molecule has 1 aromatic rings. The van der Waals surface area contributed by atoms with Crippen molar-refractivity contribution in [1.82, 2.24) is 19.7 Å². The Kier molecular flexibility index (Phi) is 5.25. The van der Waals surface area contributed by atoms with Gasteiger partial charge in [-0.2, -0.15) is 0 Å². The van der Waals surface area contributed by atoms with E-state index >= 15 is 0 Å². The van der Waals surface area contributed by atoms with E-state index in [2.05, 4.69) is 42.5 Å². The quantitative estimate of drug-likeness (QED) is 0.823. The summed E-state index contributed by atoms with van der Waals surface area (Å²) >= 11 is 0. The normalized spacial score (nSPS) is 22.5. The highest BCUT2D eigenvalue weighted by molar-refractivity contribution is 5.69. The van der Waals surface area contributed by atoms with Crippen molar-refractivity contribution in [2.75, 3.05) is 6.54 Å². The zero-order valence-electron chi connectivity index (χ0n) is 16.2. The van der Waals surface area contributed by atoms with Crippen molar-refractivity contribution in [3.05, 3.63) is 12.2 Å². The van der Waals surface area contributed by atoms with Crippen molar-refractivity contribution in [3.63, 3.8) is 0 Å². The largest absolute Gasteiger partial charge is 0.444 e. The summed E-state index contributed by atoms with van der Waals surface area (Å²) in [5.74, 6) is 1.15. The van der Waals surface area contributed by atoms with Crippen LogP contribution in [-0.4, -0.2) is 43.9 Å². The van der Waals surface area contributed by atoms with Crippen molar-refractivity contribution >= 4 is 6.09 Å². The molecule has 2 rings (SSSR count). The summed E-state index contributed by atoms with van der Waals surface area (Å²) in [6.07, 6.45) is 3.52. The van der Waals surface area contributed by atoms with E-state index in [0.29, 0.717) is 0 Å². The van der Waals surface area contributed by atoms with Gasteiger partial charge in [0.25, 0.3) is 0 Å². The summed E-state index contributed by atoms with van der Waals surface area (Å²) in [6, 6.07) is 0.0376. The van der Waals surface area contributed by atoms with Crippen LogP contribution in [0.4, 0.5) is 4.79 Å². The van der Waals surface area contributed by atoms with Gasteiger partial charge >= 0.3 is 6.09 Å². The lowest BCUT2D eigenvalue weighted by Crippen LogP contribution is -2.55. The predicted octanol–water partition coefficient (Wildman–Crippen LogP) is 3.83. The van der Waals surface area contributed by atoms with Crippen molar-refractivity contribution < 1.29 is 9.53 Å². The Morgan fingerprint density at radius 3 is 2.50 bits per heavy atom. The molecular formula is C18H32N4O2. The Hall–Kier alpha value is -1.59. The lowest BCUT2D eigenvalue weighted by molar-refractivity contribution is -0.0144. The maximum absolute atomic E-state index is 12.8. The lowest BCUT2D eigenvalue weighted by atomic mass is 9.73.